The molecule has 0 aromatic heterocycles. The van der Waals surface area contributed by atoms with Gasteiger partial charge < -0.3 is 4.90 Å². The summed E-state index contributed by atoms with van der Waals surface area (Å²) >= 11 is 0. The molecule has 1 aromatic carbocycles. The summed E-state index contributed by atoms with van der Waals surface area (Å²) in [5.74, 6) is 1.22. The lowest BCUT2D eigenvalue weighted by atomic mass is 9.96. The van der Waals surface area contributed by atoms with E-state index in [0.29, 0.717) is 17.9 Å². The van der Waals surface area contributed by atoms with Crippen molar-refractivity contribution in [2.45, 2.75) is 52.5 Å². The van der Waals surface area contributed by atoms with E-state index in [0.717, 1.165) is 6.54 Å². The molecule has 0 aliphatic heterocycles. The molecule has 0 radical (unpaired) electrons. The first-order valence-electron chi connectivity index (χ1n) is 6.72. The minimum atomic E-state index is 0.601. The molecule has 1 atom stereocenters. The Hall–Kier alpha value is -0.820. The van der Waals surface area contributed by atoms with Crippen molar-refractivity contribution in [1.82, 2.24) is 4.90 Å². The van der Waals surface area contributed by atoms with Gasteiger partial charge in [0.2, 0.25) is 0 Å². The highest BCUT2D eigenvalue weighted by Gasteiger charge is 2.11. The number of hydrogen-bond donors (Lipinski definition) is 0. The molecule has 0 N–H and O–H groups in total. The Morgan fingerprint density at radius 3 is 1.76 bits per heavy atom. The molecule has 0 saturated carbocycles. The van der Waals surface area contributed by atoms with Crippen LogP contribution in [0.1, 0.15) is 57.6 Å². The van der Waals surface area contributed by atoms with Crippen LogP contribution in [-0.2, 0) is 0 Å². The zero-order chi connectivity index (χ0) is 13.0. The van der Waals surface area contributed by atoms with Crippen molar-refractivity contribution >= 4 is 0 Å². The second-order valence-electron chi connectivity index (χ2n) is 5.76. The van der Waals surface area contributed by atoms with E-state index in [1.165, 1.54) is 11.1 Å². The summed E-state index contributed by atoms with van der Waals surface area (Å²) in [5, 5.41) is 0. The molecular formula is C16H27N. The second kappa shape index (κ2) is 6.20. The van der Waals surface area contributed by atoms with Crippen LogP contribution in [0.2, 0.25) is 0 Å². The van der Waals surface area contributed by atoms with Crippen LogP contribution in [0.25, 0.3) is 0 Å². The molecule has 0 amide bonds. The first-order valence-corrected chi connectivity index (χ1v) is 6.72. The second-order valence-corrected chi connectivity index (χ2v) is 5.76. The highest BCUT2D eigenvalue weighted by molar-refractivity contribution is 5.27. The first kappa shape index (κ1) is 14.2. The lowest BCUT2D eigenvalue weighted by Gasteiger charge is -2.25. The van der Waals surface area contributed by atoms with Crippen LogP contribution in [0.4, 0.5) is 0 Å². The molecule has 0 saturated heterocycles. The summed E-state index contributed by atoms with van der Waals surface area (Å²) in [6.45, 7) is 12.4. The summed E-state index contributed by atoms with van der Waals surface area (Å²) in [6, 6.07) is 9.73. The van der Waals surface area contributed by atoms with E-state index in [1.807, 2.05) is 0 Å². The third-order valence-corrected chi connectivity index (χ3v) is 3.62. The van der Waals surface area contributed by atoms with Crippen molar-refractivity contribution in [2.75, 3.05) is 13.6 Å². The van der Waals surface area contributed by atoms with Gasteiger partial charge in [-0.3, -0.25) is 0 Å². The van der Waals surface area contributed by atoms with E-state index in [4.69, 9.17) is 0 Å². The van der Waals surface area contributed by atoms with Crippen LogP contribution in [0.5, 0.6) is 0 Å². The van der Waals surface area contributed by atoms with Gasteiger partial charge >= 0.3 is 0 Å². The van der Waals surface area contributed by atoms with Crippen LogP contribution in [0.3, 0.4) is 0 Å². The maximum absolute atomic E-state index is 2.40. The molecule has 96 valence electrons. The fourth-order valence-electron chi connectivity index (χ4n) is 1.96. The first-order chi connectivity index (χ1) is 7.91. The Labute approximate surface area is 107 Å². The van der Waals surface area contributed by atoms with E-state index >= 15 is 0 Å². The van der Waals surface area contributed by atoms with Gasteiger partial charge in [0.1, 0.15) is 0 Å². The van der Waals surface area contributed by atoms with Crippen molar-refractivity contribution < 1.29 is 0 Å². The molecule has 1 nitrogen and oxygen atoms in total. The third kappa shape index (κ3) is 4.16. The van der Waals surface area contributed by atoms with Gasteiger partial charge in [-0.15, -0.1) is 0 Å². The van der Waals surface area contributed by atoms with Gasteiger partial charge in [-0.05, 0) is 43.9 Å². The molecule has 1 unspecified atom stereocenters. The van der Waals surface area contributed by atoms with Gasteiger partial charge in [0.15, 0.2) is 0 Å². The maximum atomic E-state index is 2.40. The minimum Gasteiger partial charge on any atom is -0.303 e. The van der Waals surface area contributed by atoms with Gasteiger partial charge in [-0.25, -0.2) is 0 Å². The van der Waals surface area contributed by atoms with E-state index in [-0.39, 0.29) is 0 Å². The molecule has 0 spiro atoms. The zero-order valence-electron chi connectivity index (χ0n) is 12.2. The van der Waals surface area contributed by atoms with Crippen LogP contribution < -0.4 is 0 Å². The molecule has 0 bridgehead atoms. The standard InChI is InChI=1S/C16H27N/c1-12(2)15-7-9-16(10-8-15)14(5)11-17(6)13(3)4/h7-10,12-14H,11H2,1-6H3. The topological polar surface area (TPSA) is 3.24 Å². The maximum Gasteiger partial charge on any atom is 0.00473 e. The Morgan fingerprint density at radius 1 is 0.882 bits per heavy atom. The predicted octanol–water partition coefficient (Wildman–Crippen LogP) is 4.25. The highest BCUT2D eigenvalue weighted by Crippen LogP contribution is 2.20. The van der Waals surface area contributed by atoms with Gasteiger partial charge in [0.05, 0.1) is 0 Å². The lowest BCUT2D eigenvalue weighted by molar-refractivity contribution is 0.261. The molecule has 1 rings (SSSR count). The van der Waals surface area contributed by atoms with Crippen molar-refractivity contribution in [2.24, 2.45) is 0 Å². The number of benzene rings is 1. The molecule has 1 heteroatoms. The molecule has 1 aromatic rings. The highest BCUT2D eigenvalue weighted by atomic mass is 15.1. The van der Waals surface area contributed by atoms with E-state index in [9.17, 15) is 0 Å². The van der Waals surface area contributed by atoms with Crippen LogP contribution >= 0.6 is 0 Å². The van der Waals surface area contributed by atoms with Crippen molar-refractivity contribution in [3.05, 3.63) is 35.4 Å². The van der Waals surface area contributed by atoms with Gasteiger partial charge in [-0.2, -0.15) is 0 Å². The Morgan fingerprint density at radius 2 is 1.35 bits per heavy atom. The summed E-state index contributed by atoms with van der Waals surface area (Å²) < 4.78 is 0. The zero-order valence-corrected chi connectivity index (χ0v) is 12.2. The predicted molar refractivity (Wildman–Crippen MR) is 76.7 cm³/mol. The number of likely N-dealkylation sites (N-methyl/N-ethyl adjacent to an activating group) is 1. The minimum absolute atomic E-state index is 0.601. The van der Waals surface area contributed by atoms with Gasteiger partial charge in [0, 0.05) is 12.6 Å². The molecule has 17 heavy (non-hydrogen) atoms. The smallest absolute Gasteiger partial charge is 0.00473 e. The summed E-state index contributed by atoms with van der Waals surface area (Å²) in [5.41, 5.74) is 2.88. The fraction of sp³-hybridized carbons (Fsp3) is 0.625. The molecule has 0 heterocycles. The largest absolute Gasteiger partial charge is 0.303 e. The average Bonchev–Trinajstić information content (AvgIpc) is 2.28. The fourth-order valence-corrected chi connectivity index (χ4v) is 1.96. The van der Waals surface area contributed by atoms with Crippen molar-refractivity contribution in [1.29, 1.82) is 0 Å². The van der Waals surface area contributed by atoms with E-state index < -0.39 is 0 Å². The lowest BCUT2D eigenvalue weighted by Crippen LogP contribution is -2.30. The molecular weight excluding hydrogens is 206 g/mol. The Kier molecular flexibility index (Phi) is 5.20. The Balaban J connectivity index is 2.66. The SMILES string of the molecule is CC(C)c1ccc(C(C)CN(C)C(C)C)cc1. The van der Waals surface area contributed by atoms with Crippen molar-refractivity contribution in [3.8, 4) is 0 Å². The van der Waals surface area contributed by atoms with E-state index in [1.54, 1.807) is 0 Å². The third-order valence-electron chi connectivity index (χ3n) is 3.62. The number of nitrogens with zero attached hydrogens (tertiary/aromatic N) is 1. The van der Waals surface area contributed by atoms with Crippen LogP contribution in [0, 0.1) is 0 Å². The monoisotopic (exact) mass is 233 g/mol. The number of rotatable bonds is 5. The summed E-state index contributed by atoms with van der Waals surface area (Å²) in [7, 11) is 2.20. The quantitative estimate of drug-likeness (QED) is 0.734. The van der Waals surface area contributed by atoms with Crippen LogP contribution in [-0.4, -0.2) is 24.5 Å². The summed E-state index contributed by atoms with van der Waals surface area (Å²) in [4.78, 5) is 2.40. The van der Waals surface area contributed by atoms with Gasteiger partial charge in [0.25, 0.3) is 0 Å². The normalized spacial score (nSPS) is 13.7. The molecule has 0 aliphatic rings. The Bertz CT molecular complexity index is 324. The summed E-state index contributed by atoms with van der Waals surface area (Å²) in [6.07, 6.45) is 0. The average molecular weight is 233 g/mol. The molecule has 0 aliphatic carbocycles. The van der Waals surface area contributed by atoms with E-state index in [2.05, 4.69) is 70.8 Å². The number of hydrogen-bond acceptors (Lipinski definition) is 1. The van der Waals surface area contributed by atoms with Crippen LogP contribution in [0.15, 0.2) is 24.3 Å². The molecule has 0 fully saturated rings. The van der Waals surface area contributed by atoms with Crippen molar-refractivity contribution in [3.63, 3.8) is 0 Å². The van der Waals surface area contributed by atoms with Gasteiger partial charge in [-0.1, -0.05) is 45.0 Å².